The lowest BCUT2D eigenvalue weighted by Crippen LogP contribution is -2.51. The van der Waals surface area contributed by atoms with Crippen LogP contribution >= 0.6 is 23.2 Å². The van der Waals surface area contributed by atoms with E-state index >= 15 is 0 Å². The number of alkyl halides is 1. The van der Waals surface area contributed by atoms with Gasteiger partial charge in [0.2, 0.25) is 0 Å². The number of hydrazine groups is 1. The van der Waals surface area contributed by atoms with Gasteiger partial charge >= 0.3 is 6.09 Å². The van der Waals surface area contributed by atoms with Gasteiger partial charge in [0.1, 0.15) is 17.0 Å². The van der Waals surface area contributed by atoms with Crippen LogP contribution in [0.15, 0.2) is 78.0 Å². The maximum Gasteiger partial charge on any atom is 0.409 e. The monoisotopic (exact) mass is 543 g/mol. The minimum Gasteiger partial charge on any atom is -0.445 e. The first-order valence-electron chi connectivity index (χ1n) is 12.3. The van der Waals surface area contributed by atoms with Gasteiger partial charge < -0.3 is 9.84 Å². The van der Waals surface area contributed by atoms with Gasteiger partial charge in [0.05, 0.1) is 5.70 Å². The minimum atomic E-state index is -1.38. The summed E-state index contributed by atoms with van der Waals surface area (Å²) < 4.78 is 5.38. The Hall–Kier alpha value is -2.84. The molecule has 0 saturated carbocycles. The fourth-order valence-corrected chi connectivity index (χ4v) is 5.88. The second-order valence-electron chi connectivity index (χ2n) is 9.41. The van der Waals surface area contributed by atoms with Gasteiger partial charge in [-0.25, -0.2) is 15.6 Å². The number of alkyl carbamates (subject to hydrolysis) is 1. The molecule has 37 heavy (non-hydrogen) atoms. The van der Waals surface area contributed by atoms with E-state index in [0.29, 0.717) is 28.3 Å². The molecule has 2 unspecified atom stereocenters. The van der Waals surface area contributed by atoms with Crippen LogP contribution in [0.25, 0.3) is 0 Å². The van der Waals surface area contributed by atoms with Gasteiger partial charge in [0, 0.05) is 24.0 Å². The van der Waals surface area contributed by atoms with Crippen molar-refractivity contribution in [3.8, 4) is 0 Å². The van der Waals surface area contributed by atoms with Crippen molar-refractivity contribution >= 4 is 35.2 Å². The number of carbonyl (C=O) groups is 2. The van der Waals surface area contributed by atoms with Gasteiger partial charge in [0.25, 0.3) is 5.91 Å². The molecule has 9 heteroatoms. The van der Waals surface area contributed by atoms with Gasteiger partial charge in [0.15, 0.2) is 0 Å². The van der Waals surface area contributed by atoms with Crippen molar-refractivity contribution in [2.75, 3.05) is 6.61 Å². The minimum absolute atomic E-state index is 0.0636. The van der Waals surface area contributed by atoms with E-state index < -0.39 is 28.3 Å². The van der Waals surface area contributed by atoms with E-state index in [4.69, 9.17) is 33.8 Å². The highest BCUT2D eigenvalue weighted by Gasteiger charge is 2.59. The number of aliphatic hydroxyl groups is 1. The van der Waals surface area contributed by atoms with Crippen LogP contribution in [0.4, 0.5) is 4.79 Å². The normalized spacial score (nSPS) is 23.7. The highest BCUT2D eigenvalue weighted by molar-refractivity contribution is 6.32. The number of unbranched alkanes of at least 4 members (excludes halogenated alkanes) is 1. The van der Waals surface area contributed by atoms with Crippen molar-refractivity contribution in [2.45, 2.75) is 49.6 Å². The van der Waals surface area contributed by atoms with Crippen molar-refractivity contribution in [1.82, 2.24) is 10.3 Å². The van der Waals surface area contributed by atoms with Crippen molar-refractivity contribution in [3.05, 3.63) is 94.2 Å². The lowest BCUT2D eigenvalue weighted by Gasteiger charge is -2.40. The molecule has 2 aromatic rings. The lowest BCUT2D eigenvalue weighted by atomic mass is 9.62. The van der Waals surface area contributed by atoms with Crippen LogP contribution < -0.4 is 11.2 Å². The van der Waals surface area contributed by atoms with Crippen LogP contribution in [0.5, 0.6) is 0 Å². The molecule has 2 amide bonds. The molecule has 4 rings (SSSR count). The second-order valence-corrected chi connectivity index (χ2v) is 10.5. The number of nitrogens with one attached hydrogen (secondary N) is 1. The molecule has 0 aromatic heterocycles. The third-order valence-electron chi connectivity index (χ3n) is 7.10. The first-order valence-corrected chi connectivity index (χ1v) is 13.1. The number of aliphatic hydroxyl groups excluding tert-OH is 1. The number of carbonyl (C=O) groups excluding carboxylic acids is 2. The molecule has 196 valence electrons. The standard InChI is InChI=1S/C28H31Cl2N3O4/c1-2-3-11-20(17-34)28(21-12-7-8-13-23(21)29)22-16-27(30,15-14-24(22)33(31)25(28)35)32-26(36)37-18-19-9-5-4-6-10-19/h4-10,12-15,20,34H,2-3,11,16-18,31H2,1H3,(H,32,36)/t20-,27?,28?/m1/s1. The molecule has 1 aliphatic heterocycles. The Morgan fingerprint density at radius 3 is 2.59 bits per heavy atom. The summed E-state index contributed by atoms with van der Waals surface area (Å²) in [5.74, 6) is 5.42. The van der Waals surface area contributed by atoms with Crippen LogP contribution in [-0.4, -0.2) is 33.7 Å². The Bertz CT molecular complexity index is 1220. The highest BCUT2D eigenvalue weighted by atomic mass is 35.5. The third-order valence-corrected chi connectivity index (χ3v) is 7.78. The predicted molar refractivity (Wildman–Crippen MR) is 143 cm³/mol. The third kappa shape index (κ3) is 5.14. The second kappa shape index (κ2) is 11.3. The molecule has 1 aliphatic carbocycles. The van der Waals surface area contributed by atoms with Gasteiger partial charge in [-0.1, -0.05) is 91.5 Å². The Labute approximate surface area is 226 Å². The highest BCUT2D eigenvalue weighted by Crippen LogP contribution is 2.54. The van der Waals surface area contributed by atoms with Crippen LogP contribution in [0.2, 0.25) is 5.02 Å². The number of allylic oxidation sites excluding steroid dienone is 1. The maximum atomic E-state index is 14.0. The number of rotatable bonds is 9. The number of nitrogens with two attached hydrogens (primary N) is 1. The molecule has 0 bridgehead atoms. The van der Waals surface area contributed by atoms with E-state index in [1.165, 1.54) is 0 Å². The van der Waals surface area contributed by atoms with E-state index in [1.807, 2.05) is 37.3 Å². The molecule has 4 N–H and O–H groups in total. The van der Waals surface area contributed by atoms with E-state index in [9.17, 15) is 14.7 Å². The van der Waals surface area contributed by atoms with Crippen molar-refractivity contribution in [2.24, 2.45) is 11.8 Å². The summed E-state index contributed by atoms with van der Waals surface area (Å²) in [6.07, 6.45) is 4.84. The summed E-state index contributed by atoms with van der Waals surface area (Å²) in [5, 5.41) is 14.8. The Morgan fingerprint density at radius 1 is 1.22 bits per heavy atom. The zero-order valence-electron chi connectivity index (χ0n) is 20.6. The first kappa shape index (κ1) is 27.2. The largest absolute Gasteiger partial charge is 0.445 e. The quantitative estimate of drug-likeness (QED) is 0.175. The summed E-state index contributed by atoms with van der Waals surface area (Å²) in [7, 11) is 0. The van der Waals surface area contributed by atoms with Crippen molar-refractivity contribution in [3.63, 3.8) is 0 Å². The maximum absolute atomic E-state index is 14.0. The number of halogens is 2. The van der Waals surface area contributed by atoms with E-state index in [2.05, 4.69) is 5.32 Å². The van der Waals surface area contributed by atoms with Gasteiger partial charge in [-0.2, -0.15) is 0 Å². The lowest BCUT2D eigenvalue weighted by molar-refractivity contribution is -0.134. The van der Waals surface area contributed by atoms with Crippen molar-refractivity contribution < 1.29 is 19.4 Å². The molecular formula is C28H31Cl2N3O4. The Kier molecular flexibility index (Phi) is 8.29. The predicted octanol–water partition coefficient (Wildman–Crippen LogP) is 5.17. The fourth-order valence-electron chi connectivity index (χ4n) is 5.32. The number of benzene rings is 2. The van der Waals surface area contributed by atoms with Gasteiger partial charge in [-0.05, 0) is 41.3 Å². The molecule has 2 aromatic carbocycles. The van der Waals surface area contributed by atoms with E-state index in [0.717, 1.165) is 23.4 Å². The molecular weight excluding hydrogens is 513 g/mol. The topological polar surface area (TPSA) is 105 Å². The Balaban J connectivity index is 1.70. The molecule has 1 heterocycles. The molecule has 0 saturated heterocycles. The summed E-state index contributed by atoms with van der Waals surface area (Å²) in [5.41, 5.74) is 1.13. The molecule has 0 radical (unpaired) electrons. The van der Waals surface area contributed by atoms with Crippen LogP contribution in [0.3, 0.4) is 0 Å². The van der Waals surface area contributed by atoms with Crippen LogP contribution in [0, 0.1) is 5.92 Å². The molecule has 0 fully saturated rings. The van der Waals surface area contributed by atoms with Gasteiger partial charge in [-0.15, -0.1) is 0 Å². The van der Waals surface area contributed by atoms with Crippen LogP contribution in [0.1, 0.15) is 43.7 Å². The number of ether oxygens (including phenoxy) is 1. The molecule has 7 nitrogen and oxygen atoms in total. The summed E-state index contributed by atoms with van der Waals surface area (Å²) in [4.78, 5) is 25.3. The zero-order valence-corrected chi connectivity index (χ0v) is 22.1. The van der Waals surface area contributed by atoms with Gasteiger partial charge in [-0.3, -0.25) is 10.1 Å². The number of nitrogens with zero attached hydrogens (tertiary/aromatic N) is 1. The SMILES string of the molecule is CCCC[C@H](CO)C1(c2ccccc2Cl)C(=O)N(N)C2=C1CC(Cl)(NC(=O)OCc1ccccc1)C=C2. The summed E-state index contributed by atoms with van der Waals surface area (Å²) in [6.45, 7) is 1.87. The smallest absolute Gasteiger partial charge is 0.409 e. The molecule has 2 aliphatic rings. The Morgan fingerprint density at radius 2 is 1.92 bits per heavy atom. The van der Waals surface area contributed by atoms with E-state index in [-0.39, 0.29) is 19.6 Å². The van der Waals surface area contributed by atoms with Crippen molar-refractivity contribution in [1.29, 1.82) is 0 Å². The average Bonchev–Trinajstić information content (AvgIpc) is 3.10. The number of amides is 2. The number of hydrogen-bond donors (Lipinski definition) is 3. The van der Waals surface area contributed by atoms with E-state index in [1.54, 1.807) is 36.4 Å². The molecule has 3 atom stereocenters. The first-order chi connectivity index (χ1) is 17.8. The fraction of sp³-hybridized carbons (Fsp3) is 0.357. The van der Waals surface area contributed by atoms with Crippen LogP contribution in [-0.2, 0) is 21.6 Å². The zero-order chi connectivity index (χ0) is 26.6. The number of hydrogen-bond acceptors (Lipinski definition) is 5. The summed E-state index contributed by atoms with van der Waals surface area (Å²) >= 11 is 13.6. The molecule has 0 spiro atoms. The summed E-state index contributed by atoms with van der Waals surface area (Å²) in [6, 6.07) is 16.4. The average molecular weight is 544 g/mol.